The number of methoxy groups -OCH3 is 1. The summed E-state index contributed by atoms with van der Waals surface area (Å²) in [4.78, 5) is 11.2. The van der Waals surface area contributed by atoms with Gasteiger partial charge in [0.25, 0.3) is 0 Å². The number of carbonyl (C=O) groups excluding carboxylic acids is 1. The minimum Gasteiger partial charge on any atom is -0.370 e. The Hall–Kier alpha value is -0.420. The third-order valence-electron chi connectivity index (χ3n) is 2.67. The molecule has 0 aliphatic carbocycles. The third-order valence-corrected chi connectivity index (χ3v) is 4.32. The summed E-state index contributed by atoms with van der Waals surface area (Å²) in [6.07, 6.45) is 0.586. The Kier molecular flexibility index (Phi) is 2.77. The van der Waals surface area contributed by atoms with Crippen LogP contribution < -0.4 is 0 Å². The van der Waals surface area contributed by atoms with Gasteiger partial charge in [-0.25, -0.2) is 8.42 Å². The fourth-order valence-electron chi connectivity index (χ4n) is 1.57. The van der Waals surface area contributed by atoms with E-state index in [1.807, 2.05) is 0 Å². The largest absolute Gasteiger partial charge is 0.370 e. The summed E-state index contributed by atoms with van der Waals surface area (Å²) in [7, 11) is -1.47. The summed E-state index contributed by atoms with van der Waals surface area (Å²) in [5.74, 6) is 0.0331. The molecule has 0 aromatic carbocycles. The van der Waals surface area contributed by atoms with E-state index < -0.39 is 15.4 Å². The Bertz CT molecular complexity index is 290. The van der Waals surface area contributed by atoms with Crippen LogP contribution in [-0.4, -0.2) is 38.4 Å². The van der Waals surface area contributed by atoms with Gasteiger partial charge in [0.05, 0.1) is 11.5 Å². The van der Waals surface area contributed by atoms with E-state index in [4.69, 9.17) is 4.74 Å². The Balaban J connectivity index is 2.81. The lowest BCUT2D eigenvalue weighted by Crippen LogP contribution is -2.46. The van der Waals surface area contributed by atoms with Crippen LogP contribution in [0.5, 0.6) is 0 Å². The lowest BCUT2D eigenvalue weighted by atomic mass is 9.92. The van der Waals surface area contributed by atoms with E-state index in [0.717, 1.165) is 0 Å². The molecule has 1 aliphatic rings. The Morgan fingerprint density at radius 3 is 2.08 bits per heavy atom. The number of Topliss-reactive ketones (excluding diaryl/α,β-unsaturated/α-hetero) is 1. The van der Waals surface area contributed by atoms with E-state index in [1.54, 1.807) is 0 Å². The standard InChI is InChI=1S/C8H14O4S/c1-7(9)8(12-2)3-5-13(10,11)6-4-8/h3-6H2,1-2H3. The zero-order valence-electron chi connectivity index (χ0n) is 7.87. The van der Waals surface area contributed by atoms with Crippen molar-refractivity contribution in [2.24, 2.45) is 0 Å². The van der Waals surface area contributed by atoms with Crippen molar-refractivity contribution in [3.05, 3.63) is 0 Å². The fraction of sp³-hybridized carbons (Fsp3) is 0.875. The van der Waals surface area contributed by atoms with E-state index in [2.05, 4.69) is 0 Å². The molecule has 1 saturated heterocycles. The molecule has 1 aliphatic heterocycles. The predicted octanol–water partition coefficient (Wildman–Crippen LogP) is 0.169. The van der Waals surface area contributed by atoms with E-state index in [1.165, 1.54) is 14.0 Å². The Morgan fingerprint density at radius 1 is 1.31 bits per heavy atom. The van der Waals surface area contributed by atoms with Crippen molar-refractivity contribution in [2.75, 3.05) is 18.6 Å². The summed E-state index contributed by atoms with van der Waals surface area (Å²) < 4.78 is 27.3. The average molecular weight is 206 g/mol. The molecule has 5 heteroatoms. The second kappa shape index (κ2) is 3.38. The number of ether oxygens (including phenoxy) is 1. The van der Waals surface area contributed by atoms with Gasteiger partial charge in [0.15, 0.2) is 15.6 Å². The van der Waals surface area contributed by atoms with Gasteiger partial charge >= 0.3 is 0 Å². The van der Waals surface area contributed by atoms with E-state index in [-0.39, 0.29) is 17.3 Å². The van der Waals surface area contributed by atoms with E-state index >= 15 is 0 Å². The molecule has 0 saturated carbocycles. The van der Waals surface area contributed by atoms with Gasteiger partial charge in [-0.05, 0) is 19.8 Å². The molecule has 0 radical (unpaired) electrons. The molecule has 0 aromatic heterocycles. The van der Waals surface area contributed by atoms with Gasteiger partial charge in [-0.15, -0.1) is 0 Å². The summed E-state index contributed by atoms with van der Waals surface area (Å²) in [5, 5.41) is 0. The second-order valence-corrected chi connectivity index (χ2v) is 5.71. The van der Waals surface area contributed by atoms with Gasteiger partial charge in [-0.1, -0.05) is 0 Å². The first-order valence-electron chi connectivity index (χ1n) is 4.18. The van der Waals surface area contributed by atoms with Crippen LogP contribution in [0.15, 0.2) is 0 Å². The summed E-state index contributed by atoms with van der Waals surface area (Å²) >= 11 is 0. The highest BCUT2D eigenvalue weighted by Crippen LogP contribution is 2.27. The SMILES string of the molecule is COC1(C(C)=O)CCS(=O)(=O)CC1. The van der Waals surface area contributed by atoms with Gasteiger partial charge in [0.2, 0.25) is 0 Å². The summed E-state index contributed by atoms with van der Waals surface area (Å²) in [6.45, 7) is 1.45. The highest BCUT2D eigenvalue weighted by molar-refractivity contribution is 7.91. The minimum absolute atomic E-state index is 0.0560. The molecule has 0 unspecified atom stereocenters. The second-order valence-electron chi connectivity index (χ2n) is 3.41. The first-order valence-corrected chi connectivity index (χ1v) is 6.01. The molecule has 76 valence electrons. The van der Waals surface area contributed by atoms with Crippen LogP contribution in [0.1, 0.15) is 19.8 Å². The lowest BCUT2D eigenvalue weighted by molar-refractivity contribution is -0.139. The highest BCUT2D eigenvalue weighted by Gasteiger charge is 2.41. The molecule has 0 bridgehead atoms. The number of sulfone groups is 1. The van der Waals surface area contributed by atoms with Gasteiger partial charge in [-0.2, -0.15) is 0 Å². The van der Waals surface area contributed by atoms with Crippen LogP contribution in [0.4, 0.5) is 0 Å². The molecule has 1 fully saturated rings. The molecule has 4 nitrogen and oxygen atoms in total. The van der Waals surface area contributed by atoms with Crippen LogP contribution >= 0.6 is 0 Å². The van der Waals surface area contributed by atoms with Crippen molar-refractivity contribution in [3.8, 4) is 0 Å². The number of carbonyl (C=O) groups is 1. The zero-order chi connectivity index (χ0) is 10.1. The average Bonchev–Trinajstić information content (AvgIpc) is 2.05. The molecule has 0 N–H and O–H groups in total. The van der Waals surface area contributed by atoms with Crippen LogP contribution in [0.2, 0.25) is 0 Å². The van der Waals surface area contributed by atoms with Gasteiger partial charge < -0.3 is 4.74 Å². The molecule has 0 spiro atoms. The normalized spacial score (nSPS) is 25.4. The maximum atomic E-state index is 11.2. The maximum Gasteiger partial charge on any atom is 0.161 e. The molecular weight excluding hydrogens is 192 g/mol. The van der Waals surface area contributed by atoms with Crippen LogP contribution in [-0.2, 0) is 19.4 Å². The van der Waals surface area contributed by atoms with Gasteiger partial charge in [-0.3, -0.25) is 4.79 Å². The maximum absolute atomic E-state index is 11.2. The van der Waals surface area contributed by atoms with Crippen molar-refractivity contribution in [2.45, 2.75) is 25.4 Å². The quantitative estimate of drug-likeness (QED) is 0.646. The molecule has 0 amide bonds. The lowest BCUT2D eigenvalue weighted by Gasteiger charge is -2.33. The van der Waals surface area contributed by atoms with Crippen LogP contribution in [0.3, 0.4) is 0 Å². The molecule has 0 aromatic rings. The van der Waals surface area contributed by atoms with Gasteiger partial charge in [0, 0.05) is 7.11 Å². The van der Waals surface area contributed by atoms with E-state index in [9.17, 15) is 13.2 Å². The number of hydrogen-bond donors (Lipinski definition) is 0. The first kappa shape index (κ1) is 10.7. The molecule has 0 atom stereocenters. The number of ketones is 1. The van der Waals surface area contributed by atoms with Crippen molar-refractivity contribution >= 4 is 15.6 Å². The number of hydrogen-bond acceptors (Lipinski definition) is 4. The minimum atomic E-state index is -2.93. The number of rotatable bonds is 2. The monoisotopic (exact) mass is 206 g/mol. The first-order chi connectivity index (χ1) is 5.92. The van der Waals surface area contributed by atoms with Crippen LogP contribution in [0, 0.1) is 0 Å². The topological polar surface area (TPSA) is 60.4 Å². The molecule has 1 heterocycles. The van der Waals surface area contributed by atoms with Crippen molar-refractivity contribution in [3.63, 3.8) is 0 Å². The fourth-order valence-corrected chi connectivity index (χ4v) is 3.05. The summed E-state index contributed by atoms with van der Waals surface area (Å²) in [5.41, 5.74) is -0.842. The third kappa shape index (κ3) is 2.08. The molecule has 13 heavy (non-hydrogen) atoms. The van der Waals surface area contributed by atoms with Crippen LogP contribution in [0.25, 0.3) is 0 Å². The van der Waals surface area contributed by atoms with Crippen molar-refractivity contribution in [1.82, 2.24) is 0 Å². The molecular formula is C8H14O4S. The summed E-state index contributed by atoms with van der Waals surface area (Å²) in [6, 6.07) is 0. The van der Waals surface area contributed by atoms with Crippen molar-refractivity contribution in [1.29, 1.82) is 0 Å². The Morgan fingerprint density at radius 2 is 1.77 bits per heavy atom. The smallest absolute Gasteiger partial charge is 0.161 e. The predicted molar refractivity (Wildman–Crippen MR) is 48.3 cm³/mol. The highest BCUT2D eigenvalue weighted by atomic mass is 32.2. The van der Waals surface area contributed by atoms with Gasteiger partial charge in [0.1, 0.15) is 5.60 Å². The zero-order valence-corrected chi connectivity index (χ0v) is 8.69. The van der Waals surface area contributed by atoms with Crippen molar-refractivity contribution < 1.29 is 17.9 Å². The molecule has 1 rings (SSSR count). The Labute approximate surface area is 78.2 Å². The van der Waals surface area contributed by atoms with E-state index in [0.29, 0.717) is 12.8 Å².